The lowest BCUT2D eigenvalue weighted by Gasteiger charge is -2.24. The lowest BCUT2D eigenvalue weighted by Crippen LogP contribution is -2.38. The Bertz CT molecular complexity index is 481. The Morgan fingerprint density at radius 1 is 1.50 bits per heavy atom. The molecule has 2 fully saturated rings. The fourth-order valence-electron chi connectivity index (χ4n) is 3.30. The lowest BCUT2D eigenvalue weighted by molar-refractivity contribution is 0.0727. The summed E-state index contributed by atoms with van der Waals surface area (Å²) in [6.45, 7) is 7.09. The van der Waals surface area contributed by atoms with Crippen molar-refractivity contribution < 1.29 is 4.79 Å². The molecule has 0 saturated carbocycles. The molecular formula is C13H20N4O. The number of fused-ring (bicyclic) bond motifs is 1. The first-order valence-corrected chi connectivity index (χ1v) is 6.60. The number of aromatic nitrogens is 2. The van der Waals surface area contributed by atoms with Crippen molar-refractivity contribution in [2.24, 2.45) is 18.9 Å². The molecule has 3 rings (SSSR count). The van der Waals surface area contributed by atoms with Gasteiger partial charge in [0.15, 0.2) is 0 Å². The molecule has 1 amide bonds. The van der Waals surface area contributed by atoms with Gasteiger partial charge in [-0.3, -0.25) is 9.48 Å². The maximum atomic E-state index is 12.6. The van der Waals surface area contributed by atoms with E-state index in [0.29, 0.717) is 17.9 Å². The van der Waals surface area contributed by atoms with Crippen molar-refractivity contribution in [3.8, 4) is 0 Å². The lowest BCUT2D eigenvalue weighted by atomic mass is 9.95. The van der Waals surface area contributed by atoms with E-state index in [1.165, 1.54) is 0 Å². The van der Waals surface area contributed by atoms with Gasteiger partial charge in [-0.1, -0.05) is 0 Å². The Hall–Kier alpha value is -1.36. The van der Waals surface area contributed by atoms with Crippen LogP contribution in [0.3, 0.4) is 0 Å². The number of hydrogen-bond donors (Lipinski definition) is 1. The molecule has 2 aliphatic rings. The summed E-state index contributed by atoms with van der Waals surface area (Å²) in [5, 5.41) is 7.58. The van der Waals surface area contributed by atoms with Gasteiger partial charge >= 0.3 is 0 Å². The number of likely N-dealkylation sites (tertiary alicyclic amines) is 1. The summed E-state index contributed by atoms with van der Waals surface area (Å²) in [5.41, 5.74) is 1.69. The average Bonchev–Trinajstić information content (AvgIpc) is 2.99. The largest absolute Gasteiger partial charge is 0.335 e. The molecule has 5 nitrogen and oxygen atoms in total. The number of nitrogens with zero attached hydrogens (tertiary/aromatic N) is 3. The van der Waals surface area contributed by atoms with Gasteiger partial charge in [0, 0.05) is 38.4 Å². The van der Waals surface area contributed by atoms with Gasteiger partial charge in [-0.25, -0.2) is 0 Å². The third-order valence-electron chi connectivity index (χ3n) is 4.66. The van der Waals surface area contributed by atoms with Gasteiger partial charge in [0.1, 0.15) is 0 Å². The third-order valence-corrected chi connectivity index (χ3v) is 4.66. The van der Waals surface area contributed by atoms with Crippen LogP contribution in [-0.4, -0.2) is 46.3 Å². The molecule has 1 aromatic rings. The molecule has 0 bridgehead atoms. The van der Waals surface area contributed by atoms with E-state index < -0.39 is 0 Å². The number of rotatable bonds is 1. The Balaban J connectivity index is 1.84. The van der Waals surface area contributed by atoms with Crippen LogP contribution in [0, 0.1) is 18.8 Å². The van der Waals surface area contributed by atoms with Crippen molar-refractivity contribution in [2.75, 3.05) is 19.6 Å². The van der Waals surface area contributed by atoms with Gasteiger partial charge < -0.3 is 10.2 Å². The molecule has 1 aromatic heterocycles. The van der Waals surface area contributed by atoms with Crippen LogP contribution >= 0.6 is 0 Å². The number of nitrogens with one attached hydrogen (secondary N) is 1. The van der Waals surface area contributed by atoms with E-state index in [4.69, 9.17) is 0 Å². The summed E-state index contributed by atoms with van der Waals surface area (Å²) in [6, 6.07) is 0.331. The molecule has 3 atom stereocenters. The standard InChI is InChI=1S/C13H20N4O/c1-8-12(6-15-16(8)3)13(18)17-7-10-4-14-5-11(10)9(17)2/h6,9-11,14H,4-5,7H2,1-3H3. The fourth-order valence-corrected chi connectivity index (χ4v) is 3.30. The van der Waals surface area contributed by atoms with Gasteiger partial charge in [0.05, 0.1) is 11.8 Å². The normalized spacial score (nSPS) is 30.8. The van der Waals surface area contributed by atoms with Crippen molar-refractivity contribution in [3.05, 3.63) is 17.5 Å². The predicted octanol–water partition coefficient (Wildman–Crippen LogP) is 0.408. The van der Waals surface area contributed by atoms with Gasteiger partial charge in [-0.15, -0.1) is 0 Å². The van der Waals surface area contributed by atoms with Gasteiger partial charge in [-0.05, 0) is 25.7 Å². The maximum absolute atomic E-state index is 12.6. The van der Waals surface area contributed by atoms with E-state index in [-0.39, 0.29) is 5.91 Å². The van der Waals surface area contributed by atoms with Crippen LogP contribution in [0.15, 0.2) is 6.20 Å². The minimum atomic E-state index is 0.141. The van der Waals surface area contributed by atoms with Crippen LogP contribution in [0.1, 0.15) is 23.0 Å². The topological polar surface area (TPSA) is 50.2 Å². The van der Waals surface area contributed by atoms with E-state index in [0.717, 1.165) is 30.9 Å². The smallest absolute Gasteiger partial charge is 0.257 e. The zero-order chi connectivity index (χ0) is 12.9. The molecule has 5 heteroatoms. The van der Waals surface area contributed by atoms with Crippen LogP contribution in [0.25, 0.3) is 0 Å². The second-order valence-electron chi connectivity index (χ2n) is 5.55. The molecule has 0 radical (unpaired) electrons. The highest BCUT2D eigenvalue weighted by Gasteiger charge is 2.44. The second-order valence-corrected chi connectivity index (χ2v) is 5.55. The fraction of sp³-hybridized carbons (Fsp3) is 0.692. The summed E-state index contributed by atoms with van der Waals surface area (Å²) in [6.07, 6.45) is 1.69. The second kappa shape index (κ2) is 4.09. The van der Waals surface area contributed by atoms with Crippen LogP contribution in [0.5, 0.6) is 0 Å². The highest BCUT2D eigenvalue weighted by atomic mass is 16.2. The van der Waals surface area contributed by atoms with E-state index >= 15 is 0 Å². The number of aryl methyl sites for hydroxylation is 1. The van der Waals surface area contributed by atoms with Crippen molar-refractivity contribution >= 4 is 5.91 Å². The summed E-state index contributed by atoms with van der Waals surface area (Å²) in [7, 11) is 1.87. The highest BCUT2D eigenvalue weighted by Crippen LogP contribution is 2.33. The summed E-state index contributed by atoms with van der Waals surface area (Å²) in [5.74, 6) is 1.38. The Labute approximate surface area is 107 Å². The van der Waals surface area contributed by atoms with Crippen LogP contribution in [0.4, 0.5) is 0 Å². The van der Waals surface area contributed by atoms with Crippen LogP contribution < -0.4 is 5.32 Å². The SMILES string of the molecule is Cc1c(C(=O)N2CC3CNCC3C2C)cnn1C. The monoisotopic (exact) mass is 248 g/mol. The first-order valence-electron chi connectivity index (χ1n) is 6.60. The van der Waals surface area contributed by atoms with E-state index in [1.54, 1.807) is 10.9 Å². The van der Waals surface area contributed by atoms with Crippen molar-refractivity contribution in [3.63, 3.8) is 0 Å². The molecule has 3 heterocycles. The molecule has 0 aliphatic carbocycles. The predicted molar refractivity (Wildman–Crippen MR) is 68.3 cm³/mol. The van der Waals surface area contributed by atoms with Gasteiger partial charge in [-0.2, -0.15) is 5.10 Å². The first-order chi connectivity index (χ1) is 8.59. The molecule has 0 spiro atoms. The Kier molecular flexibility index (Phi) is 2.66. The minimum Gasteiger partial charge on any atom is -0.335 e. The van der Waals surface area contributed by atoms with Crippen molar-refractivity contribution in [1.29, 1.82) is 0 Å². The summed E-state index contributed by atoms with van der Waals surface area (Å²) in [4.78, 5) is 14.6. The average molecular weight is 248 g/mol. The number of carbonyl (C=O) groups excluding carboxylic acids is 1. The third kappa shape index (κ3) is 1.57. The molecule has 2 saturated heterocycles. The zero-order valence-corrected chi connectivity index (χ0v) is 11.2. The molecule has 3 unspecified atom stereocenters. The number of hydrogen-bond acceptors (Lipinski definition) is 3. The first kappa shape index (κ1) is 11.7. The molecule has 1 N–H and O–H groups in total. The Morgan fingerprint density at radius 2 is 2.28 bits per heavy atom. The Morgan fingerprint density at radius 3 is 2.89 bits per heavy atom. The van der Waals surface area contributed by atoms with Gasteiger partial charge in [0.2, 0.25) is 0 Å². The minimum absolute atomic E-state index is 0.141. The van der Waals surface area contributed by atoms with Crippen LogP contribution in [0.2, 0.25) is 0 Å². The number of amides is 1. The summed E-state index contributed by atoms with van der Waals surface area (Å²) < 4.78 is 1.76. The molecular weight excluding hydrogens is 228 g/mol. The molecule has 0 aromatic carbocycles. The van der Waals surface area contributed by atoms with E-state index in [2.05, 4.69) is 17.3 Å². The van der Waals surface area contributed by atoms with Crippen molar-refractivity contribution in [2.45, 2.75) is 19.9 Å². The molecule has 2 aliphatic heterocycles. The maximum Gasteiger partial charge on any atom is 0.257 e. The van der Waals surface area contributed by atoms with Crippen molar-refractivity contribution in [1.82, 2.24) is 20.0 Å². The van der Waals surface area contributed by atoms with Crippen LogP contribution in [-0.2, 0) is 7.05 Å². The van der Waals surface area contributed by atoms with E-state index in [9.17, 15) is 4.79 Å². The zero-order valence-electron chi connectivity index (χ0n) is 11.2. The molecule has 18 heavy (non-hydrogen) atoms. The van der Waals surface area contributed by atoms with E-state index in [1.807, 2.05) is 18.9 Å². The quantitative estimate of drug-likeness (QED) is 0.783. The highest BCUT2D eigenvalue weighted by molar-refractivity contribution is 5.95. The summed E-state index contributed by atoms with van der Waals surface area (Å²) >= 11 is 0. The van der Waals surface area contributed by atoms with Gasteiger partial charge in [0.25, 0.3) is 5.91 Å². The number of carbonyl (C=O) groups is 1. The molecule has 98 valence electrons.